The zero-order valence-corrected chi connectivity index (χ0v) is 11.0. The number of aromatic nitrogens is 1. The van der Waals surface area contributed by atoms with Gasteiger partial charge in [0.05, 0.1) is 6.61 Å². The number of hydrogen-bond donors (Lipinski definition) is 1. The molecule has 0 aliphatic heterocycles. The first-order chi connectivity index (χ1) is 8.19. The van der Waals surface area contributed by atoms with Crippen LogP contribution in [-0.4, -0.2) is 31.8 Å². The zero-order chi connectivity index (χ0) is 12.7. The van der Waals surface area contributed by atoms with Crippen molar-refractivity contribution < 1.29 is 4.74 Å². The van der Waals surface area contributed by atoms with Crippen LogP contribution in [0, 0.1) is 5.92 Å². The second kappa shape index (κ2) is 7.25. The molecule has 0 amide bonds. The van der Waals surface area contributed by atoms with Crippen molar-refractivity contribution >= 4 is 5.69 Å². The monoisotopic (exact) mass is 237 g/mol. The molecule has 0 bridgehead atoms. The number of pyridine rings is 1. The average Bonchev–Trinajstić information content (AvgIpc) is 2.34. The minimum Gasteiger partial charge on any atom is -0.383 e. The minimum atomic E-state index is 0.519. The lowest BCUT2D eigenvalue weighted by Crippen LogP contribution is -2.32. The fourth-order valence-corrected chi connectivity index (χ4v) is 1.84. The van der Waals surface area contributed by atoms with Crippen molar-refractivity contribution in [2.24, 2.45) is 11.7 Å². The molecule has 17 heavy (non-hydrogen) atoms. The number of nitrogens with two attached hydrogens (primary N) is 1. The number of ether oxygens (including phenoxy) is 1. The first-order valence-corrected chi connectivity index (χ1v) is 6.05. The van der Waals surface area contributed by atoms with Gasteiger partial charge in [0.25, 0.3) is 0 Å². The zero-order valence-electron chi connectivity index (χ0n) is 11.0. The van der Waals surface area contributed by atoms with E-state index >= 15 is 0 Å². The number of methoxy groups -OCH3 is 1. The van der Waals surface area contributed by atoms with E-state index in [1.54, 1.807) is 7.11 Å². The Balaban J connectivity index is 2.86. The van der Waals surface area contributed by atoms with Crippen molar-refractivity contribution in [2.45, 2.75) is 20.4 Å². The van der Waals surface area contributed by atoms with Gasteiger partial charge in [0, 0.05) is 50.4 Å². The molecule has 0 radical (unpaired) electrons. The molecular formula is C13H23N3O. The van der Waals surface area contributed by atoms with E-state index in [9.17, 15) is 0 Å². The van der Waals surface area contributed by atoms with E-state index in [1.165, 1.54) is 5.69 Å². The third kappa shape index (κ3) is 4.32. The number of hydrogen-bond acceptors (Lipinski definition) is 4. The molecule has 0 aliphatic carbocycles. The Bertz CT molecular complexity index is 328. The summed E-state index contributed by atoms with van der Waals surface area (Å²) >= 11 is 0. The lowest BCUT2D eigenvalue weighted by atomic mass is 10.1. The van der Waals surface area contributed by atoms with Gasteiger partial charge in [-0.25, -0.2) is 0 Å². The van der Waals surface area contributed by atoms with Gasteiger partial charge in [-0.1, -0.05) is 13.8 Å². The molecule has 1 aromatic rings. The van der Waals surface area contributed by atoms with Crippen molar-refractivity contribution in [3.8, 4) is 0 Å². The molecule has 0 saturated heterocycles. The SMILES string of the molecule is COCCN(CC(C)C)c1ccncc1CN. The van der Waals surface area contributed by atoms with Crippen LogP contribution in [0.15, 0.2) is 18.5 Å². The van der Waals surface area contributed by atoms with Crippen molar-refractivity contribution in [3.05, 3.63) is 24.0 Å². The maximum Gasteiger partial charge on any atom is 0.0637 e. The van der Waals surface area contributed by atoms with Crippen LogP contribution >= 0.6 is 0 Å². The van der Waals surface area contributed by atoms with E-state index < -0.39 is 0 Å². The molecule has 4 heteroatoms. The lowest BCUT2D eigenvalue weighted by molar-refractivity contribution is 0.204. The van der Waals surface area contributed by atoms with Gasteiger partial charge in [0.2, 0.25) is 0 Å². The normalized spacial score (nSPS) is 10.9. The molecule has 1 heterocycles. The highest BCUT2D eigenvalue weighted by molar-refractivity contribution is 5.52. The fraction of sp³-hybridized carbons (Fsp3) is 0.615. The van der Waals surface area contributed by atoms with Gasteiger partial charge in [-0.2, -0.15) is 0 Å². The van der Waals surface area contributed by atoms with Crippen molar-refractivity contribution in [1.82, 2.24) is 4.98 Å². The van der Waals surface area contributed by atoms with Gasteiger partial charge < -0.3 is 15.4 Å². The summed E-state index contributed by atoms with van der Waals surface area (Å²) in [6.07, 6.45) is 3.66. The topological polar surface area (TPSA) is 51.4 Å². The molecular weight excluding hydrogens is 214 g/mol. The van der Waals surface area contributed by atoms with E-state index in [0.29, 0.717) is 12.5 Å². The number of rotatable bonds is 7. The first kappa shape index (κ1) is 13.9. The predicted molar refractivity (Wildman–Crippen MR) is 71.1 cm³/mol. The number of anilines is 1. The molecule has 0 aliphatic rings. The van der Waals surface area contributed by atoms with Crippen LogP contribution in [0.2, 0.25) is 0 Å². The van der Waals surface area contributed by atoms with Gasteiger partial charge in [0.1, 0.15) is 0 Å². The maximum atomic E-state index is 5.75. The summed E-state index contributed by atoms with van der Waals surface area (Å²) in [5.74, 6) is 0.602. The van der Waals surface area contributed by atoms with Crippen LogP contribution in [0.4, 0.5) is 5.69 Å². The van der Waals surface area contributed by atoms with Crippen molar-refractivity contribution in [3.63, 3.8) is 0 Å². The molecule has 1 rings (SSSR count). The minimum absolute atomic E-state index is 0.519. The highest BCUT2D eigenvalue weighted by Crippen LogP contribution is 2.19. The average molecular weight is 237 g/mol. The van der Waals surface area contributed by atoms with E-state index in [0.717, 1.165) is 25.3 Å². The molecule has 0 saturated carbocycles. The van der Waals surface area contributed by atoms with E-state index in [1.807, 2.05) is 18.5 Å². The Morgan fingerprint density at radius 3 is 2.82 bits per heavy atom. The van der Waals surface area contributed by atoms with Gasteiger partial charge >= 0.3 is 0 Å². The van der Waals surface area contributed by atoms with Crippen LogP contribution in [0.5, 0.6) is 0 Å². The summed E-state index contributed by atoms with van der Waals surface area (Å²) in [5, 5.41) is 0. The second-order valence-electron chi connectivity index (χ2n) is 4.54. The third-order valence-corrected chi connectivity index (χ3v) is 2.59. The van der Waals surface area contributed by atoms with Crippen LogP contribution < -0.4 is 10.6 Å². The Hall–Kier alpha value is -1.13. The lowest BCUT2D eigenvalue weighted by Gasteiger charge is -2.28. The second-order valence-corrected chi connectivity index (χ2v) is 4.54. The summed E-state index contributed by atoms with van der Waals surface area (Å²) in [6.45, 7) is 7.54. The van der Waals surface area contributed by atoms with Crippen LogP contribution in [0.25, 0.3) is 0 Å². The molecule has 2 N–H and O–H groups in total. The molecule has 0 spiro atoms. The predicted octanol–water partition coefficient (Wildman–Crippen LogP) is 1.65. The van der Waals surface area contributed by atoms with Gasteiger partial charge in [-0.05, 0) is 12.0 Å². The van der Waals surface area contributed by atoms with Crippen LogP contribution in [0.1, 0.15) is 19.4 Å². The molecule has 0 aromatic carbocycles. The highest BCUT2D eigenvalue weighted by atomic mass is 16.5. The van der Waals surface area contributed by atoms with E-state index in [-0.39, 0.29) is 0 Å². The van der Waals surface area contributed by atoms with Gasteiger partial charge in [-0.15, -0.1) is 0 Å². The van der Waals surface area contributed by atoms with Crippen LogP contribution in [-0.2, 0) is 11.3 Å². The summed E-state index contributed by atoms with van der Waals surface area (Å²) in [7, 11) is 1.73. The Kier molecular flexibility index (Phi) is 5.94. The molecule has 0 fully saturated rings. The smallest absolute Gasteiger partial charge is 0.0637 e. The van der Waals surface area contributed by atoms with Crippen LogP contribution in [0.3, 0.4) is 0 Å². The Morgan fingerprint density at radius 2 is 2.24 bits per heavy atom. The highest BCUT2D eigenvalue weighted by Gasteiger charge is 2.11. The molecule has 1 aromatic heterocycles. The quantitative estimate of drug-likeness (QED) is 0.783. The van der Waals surface area contributed by atoms with Gasteiger partial charge in [-0.3, -0.25) is 4.98 Å². The first-order valence-electron chi connectivity index (χ1n) is 6.05. The summed E-state index contributed by atoms with van der Waals surface area (Å²) in [4.78, 5) is 6.44. The van der Waals surface area contributed by atoms with Crippen molar-refractivity contribution in [2.75, 3.05) is 31.7 Å². The molecule has 96 valence electrons. The largest absolute Gasteiger partial charge is 0.383 e. The Morgan fingerprint density at radius 1 is 1.47 bits per heavy atom. The van der Waals surface area contributed by atoms with E-state index in [4.69, 9.17) is 10.5 Å². The molecule has 0 unspecified atom stereocenters. The fourth-order valence-electron chi connectivity index (χ4n) is 1.84. The molecule has 4 nitrogen and oxygen atoms in total. The number of nitrogens with zero attached hydrogens (tertiary/aromatic N) is 2. The summed E-state index contributed by atoms with van der Waals surface area (Å²) in [5.41, 5.74) is 8.01. The third-order valence-electron chi connectivity index (χ3n) is 2.59. The summed E-state index contributed by atoms with van der Waals surface area (Å²) in [6, 6.07) is 2.03. The van der Waals surface area contributed by atoms with Gasteiger partial charge in [0.15, 0.2) is 0 Å². The molecule has 0 atom stereocenters. The summed E-state index contributed by atoms with van der Waals surface area (Å²) < 4.78 is 5.16. The van der Waals surface area contributed by atoms with Crippen molar-refractivity contribution in [1.29, 1.82) is 0 Å². The maximum absolute atomic E-state index is 5.75. The Labute approximate surface area is 104 Å². The standard InChI is InChI=1S/C13H23N3O/c1-11(2)10-16(6-7-17-3)13-4-5-15-9-12(13)8-14/h4-5,9,11H,6-8,10,14H2,1-3H3. The van der Waals surface area contributed by atoms with E-state index in [2.05, 4.69) is 23.7 Å².